The van der Waals surface area contributed by atoms with Gasteiger partial charge < -0.3 is 15.9 Å². The third-order valence-corrected chi connectivity index (χ3v) is 3.35. The van der Waals surface area contributed by atoms with E-state index >= 15 is 0 Å². The van der Waals surface area contributed by atoms with Crippen LogP contribution >= 0.6 is 0 Å². The van der Waals surface area contributed by atoms with Gasteiger partial charge in [-0.1, -0.05) is 43.2 Å². The number of carbonyl (C=O) groups is 1. The summed E-state index contributed by atoms with van der Waals surface area (Å²) >= 11 is 0. The Kier molecular flexibility index (Phi) is 5.82. The number of rotatable bonds is 8. The molecule has 0 radical (unpaired) electrons. The third kappa shape index (κ3) is 3.31. The molecule has 0 saturated heterocycles. The van der Waals surface area contributed by atoms with Gasteiger partial charge in [0.25, 0.3) is 0 Å². The average Bonchev–Trinajstić information content (AvgIpc) is 2.40. The fourth-order valence-corrected chi connectivity index (χ4v) is 2.15. The van der Waals surface area contributed by atoms with Crippen LogP contribution in [0.4, 0.5) is 0 Å². The van der Waals surface area contributed by atoms with Gasteiger partial charge in [0.1, 0.15) is 5.41 Å². The van der Waals surface area contributed by atoms with E-state index in [9.17, 15) is 9.90 Å². The Bertz CT molecular complexity index is 367. The molecule has 1 aromatic rings. The van der Waals surface area contributed by atoms with E-state index in [1.54, 1.807) is 0 Å². The van der Waals surface area contributed by atoms with Gasteiger partial charge in [0.15, 0.2) is 0 Å². The molecule has 0 fully saturated rings. The third-order valence-electron chi connectivity index (χ3n) is 3.35. The molecule has 0 spiro atoms. The topological polar surface area (TPSA) is 83.5 Å². The summed E-state index contributed by atoms with van der Waals surface area (Å²) in [7, 11) is 0. The average molecular weight is 251 g/mol. The van der Waals surface area contributed by atoms with E-state index in [0.717, 1.165) is 18.4 Å². The maximum Gasteiger partial charge on any atom is 0.315 e. The standard InChI is InChI=1S/C14H21NO3/c15-11-14(13(17)18,9-5-2-6-10-16)12-7-3-1-4-8-12/h1,3-4,7-8,16H,2,5-6,9-11,15H2,(H,17,18). The number of aliphatic carboxylic acids is 1. The molecule has 1 atom stereocenters. The Hall–Kier alpha value is -1.39. The van der Waals surface area contributed by atoms with Gasteiger partial charge in [-0.25, -0.2) is 0 Å². The maximum absolute atomic E-state index is 11.6. The Morgan fingerprint density at radius 3 is 2.33 bits per heavy atom. The van der Waals surface area contributed by atoms with Crippen molar-refractivity contribution in [3.05, 3.63) is 35.9 Å². The molecule has 4 N–H and O–H groups in total. The monoisotopic (exact) mass is 251 g/mol. The first-order chi connectivity index (χ1) is 8.67. The molecule has 4 heteroatoms. The summed E-state index contributed by atoms with van der Waals surface area (Å²) in [5.74, 6) is -0.875. The van der Waals surface area contributed by atoms with Crippen LogP contribution in [0.3, 0.4) is 0 Å². The molecule has 4 nitrogen and oxygen atoms in total. The highest BCUT2D eigenvalue weighted by Crippen LogP contribution is 2.29. The fourth-order valence-electron chi connectivity index (χ4n) is 2.15. The van der Waals surface area contributed by atoms with Crippen LogP contribution in [0.2, 0.25) is 0 Å². The number of carboxylic acid groups (broad SMARTS) is 1. The molecule has 100 valence electrons. The smallest absolute Gasteiger partial charge is 0.315 e. The molecule has 1 rings (SSSR count). The van der Waals surface area contributed by atoms with E-state index in [2.05, 4.69) is 0 Å². The number of aliphatic hydroxyl groups is 1. The van der Waals surface area contributed by atoms with Gasteiger partial charge in [-0.3, -0.25) is 4.79 Å². The quantitative estimate of drug-likeness (QED) is 0.612. The second-order valence-electron chi connectivity index (χ2n) is 4.49. The summed E-state index contributed by atoms with van der Waals surface area (Å²) in [4.78, 5) is 11.6. The Labute approximate surface area is 107 Å². The number of aliphatic hydroxyl groups excluding tert-OH is 1. The van der Waals surface area contributed by atoms with Gasteiger partial charge in [0.05, 0.1) is 0 Å². The van der Waals surface area contributed by atoms with Gasteiger partial charge in [-0.05, 0) is 18.4 Å². The summed E-state index contributed by atoms with van der Waals surface area (Å²) in [5.41, 5.74) is 5.48. The summed E-state index contributed by atoms with van der Waals surface area (Å²) in [6, 6.07) is 9.14. The van der Waals surface area contributed by atoms with Crippen LogP contribution in [0.5, 0.6) is 0 Å². The molecule has 1 aromatic carbocycles. The number of hydrogen-bond donors (Lipinski definition) is 3. The molecule has 0 bridgehead atoms. The number of nitrogens with two attached hydrogens (primary N) is 1. The molecule has 0 aliphatic carbocycles. The minimum absolute atomic E-state index is 0.0888. The van der Waals surface area contributed by atoms with Gasteiger partial charge in [-0.15, -0.1) is 0 Å². The van der Waals surface area contributed by atoms with Crippen molar-refractivity contribution in [3.63, 3.8) is 0 Å². The molecule has 0 aliphatic heterocycles. The van der Waals surface area contributed by atoms with Crippen molar-refractivity contribution < 1.29 is 15.0 Å². The summed E-state index contributed by atoms with van der Waals surface area (Å²) in [5, 5.41) is 18.2. The van der Waals surface area contributed by atoms with Crippen LogP contribution in [0.1, 0.15) is 31.2 Å². The van der Waals surface area contributed by atoms with E-state index in [4.69, 9.17) is 10.8 Å². The number of hydrogen-bond acceptors (Lipinski definition) is 3. The Morgan fingerprint density at radius 1 is 1.17 bits per heavy atom. The highest BCUT2D eigenvalue weighted by atomic mass is 16.4. The molecule has 0 aromatic heterocycles. The van der Waals surface area contributed by atoms with E-state index in [0.29, 0.717) is 12.8 Å². The lowest BCUT2D eigenvalue weighted by molar-refractivity contribution is -0.143. The molecule has 0 aliphatic rings. The lowest BCUT2D eigenvalue weighted by Gasteiger charge is -2.28. The van der Waals surface area contributed by atoms with E-state index in [1.807, 2.05) is 30.3 Å². The van der Waals surface area contributed by atoms with Gasteiger partial charge in [0, 0.05) is 13.2 Å². The molecule has 0 heterocycles. The molecule has 1 unspecified atom stereocenters. The van der Waals surface area contributed by atoms with Crippen LogP contribution in [0.15, 0.2) is 30.3 Å². The Morgan fingerprint density at radius 2 is 1.83 bits per heavy atom. The first-order valence-electron chi connectivity index (χ1n) is 6.27. The highest BCUT2D eigenvalue weighted by Gasteiger charge is 2.38. The first kappa shape index (κ1) is 14.7. The minimum Gasteiger partial charge on any atom is -0.481 e. The second-order valence-corrected chi connectivity index (χ2v) is 4.49. The number of unbranched alkanes of at least 4 members (excludes halogenated alkanes) is 2. The van der Waals surface area contributed by atoms with E-state index < -0.39 is 11.4 Å². The van der Waals surface area contributed by atoms with Gasteiger partial charge in [0.2, 0.25) is 0 Å². The van der Waals surface area contributed by atoms with Crippen LogP contribution in [-0.4, -0.2) is 29.3 Å². The number of carboxylic acids is 1. The van der Waals surface area contributed by atoms with Crippen molar-refractivity contribution in [1.29, 1.82) is 0 Å². The molecule has 0 amide bonds. The van der Waals surface area contributed by atoms with Crippen LogP contribution in [-0.2, 0) is 10.2 Å². The van der Waals surface area contributed by atoms with Crippen LogP contribution in [0.25, 0.3) is 0 Å². The molecular weight excluding hydrogens is 230 g/mol. The van der Waals surface area contributed by atoms with Crippen molar-refractivity contribution in [2.24, 2.45) is 5.73 Å². The fraction of sp³-hybridized carbons (Fsp3) is 0.500. The number of benzene rings is 1. The van der Waals surface area contributed by atoms with Crippen molar-refractivity contribution >= 4 is 5.97 Å². The second kappa shape index (κ2) is 7.13. The van der Waals surface area contributed by atoms with Crippen molar-refractivity contribution in [1.82, 2.24) is 0 Å². The molecule has 18 heavy (non-hydrogen) atoms. The Balaban J connectivity index is 2.85. The zero-order chi connectivity index (χ0) is 13.4. The predicted molar refractivity (Wildman–Crippen MR) is 70.4 cm³/mol. The zero-order valence-electron chi connectivity index (χ0n) is 10.5. The van der Waals surface area contributed by atoms with Crippen LogP contribution < -0.4 is 5.73 Å². The molecule has 0 saturated carbocycles. The largest absolute Gasteiger partial charge is 0.481 e. The van der Waals surface area contributed by atoms with Crippen molar-refractivity contribution in [3.8, 4) is 0 Å². The normalized spacial score (nSPS) is 14.1. The van der Waals surface area contributed by atoms with Crippen molar-refractivity contribution in [2.75, 3.05) is 13.2 Å². The van der Waals surface area contributed by atoms with Gasteiger partial charge in [-0.2, -0.15) is 0 Å². The lowest BCUT2D eigenvalue weighted by Crippen LogP contribution is -2.43. The zero-order valence-corrected chi connectivity index (χ0v) is 10.5. The SMILES string of the molecule is NCC(CCCCCO)(C(=O)O)c1ccccc1. The van der Waals surface area contributed by atoms with Crippen LogP contribution in [0, 0.1) is 0 Å². The highest BCUT2D eigenvalue weighted by molar-refractivity contribution is 5.81. The van der Waals surface area contributed by atoms with E-state index in [1.165, 1.54) is 0 Å². The summed E-state index contributed by atoms with van der Waals surface area (Å²) < 4.78 is 0. The minimum atomic E-state index is -1.00. The summed E-state index contributed by atoms with van der Waals surface area (Å²) in [6.07, 6.45) is 2.77. The molecular formula is C14H21NO3. The van der Waals surface area contributed by atoms with Crippen molar-refractivity contribution in [2.45, 2.75) is 31.1 Å². The summed E-state index contributed by atoms with van der Waals surface area (Å²) in [6.45, 7) is 0.236. The predicted octanol–water partition coefficient (Wildman–Crippen LogP) is 1.52. The van der Waals surface area contributed by atoms with E-state index in [-0.39, 0.29) is 13.2 Å². The van der Waals surface area contributed by atoms with Gasteiger partial charge >= 0.3 is 5.97 Å². The lowest BCUT2D eigenvalue weighted by atomic mass is 9.76. The maximum atomic E-state index is 11.6. The first-order valence-corrected chi connectivity index (χ1v) is 6.27.